The number of carboxylic acids is 1. The summed E-state index contributed by atoms with van der Waals surface area (Å²) in [6, 6.07) is 0.0709. The third-order valence-corrected chi connectivity index (χ3v) is 4.93. The molecule has 3 N–H and O–H groups in total. The van der Waals surface area contributed by atoms with Crippen molar-refractivity contribution in [2.24, 2.45) is 5.41 Å². The molecule has 0 unspecified atom stereocenters. The van der Waals surface area contributed by atoms with Crippen molar-refractivity contribution in [3.8, 4) is 0 Å². The van der Waals surface area contributed by atoms with Crippen LogP contribution in [-0.4, -0.2) is 52.9 Å². The maximum atomic E-state index is 12.3. The number of hydrogen-bond acceptors (Lipinski definition) is 3. The third-order valence-electron chi connectivity index (χ3n) is 4.93. The zero-order valence-electron chi connectivity index (χ0n) is 12.5. The maximum absolute atomic E-state index is 12.3. The van der Waals surface area contributed by atoms with Crippen molar-refractivity contribution in [1.82, 2.24) is 10.2 Å². The lowest BCUT2D eigenvalue weighted by molar-refractivity contribution is -0.148. The zero-order valence-corrected chi connectivity index (χ0v) is 12.5. The molecular formula is C15H26N2O4. The Morgan fingerprint density at radius 3 is 2.33 bits per heavy atom. The molecule has 6 nitrogen and oxygen atoms in total. The first-order valence-corrected chi connectivity index (χ1v) is 7.98. The van der Waals surface area contributed by atoms with Crippen LogP contribution in [0.1, 0.15) is 51.4 Å². The molecule has 2 saturated carbocycles. The molecule has 0 radical (unpaired) electrons. The second-order valence-electron chi connectivity index (χ2n) is 6.31. The van der Waals surface area contributed by atoms with E-state index < -0.39 is 11.4 Å². The Morgan fingerprint density at radius 2 is 1.86 bits per heavy atom. The highest BCUT2D eigenvalue weighted by atomic mass is 16.4. The molecule has 6 heteroatoms. The summed E-state index contributed by atoms with van der Waals surface area (Å²) in [6.07, 6.45) is 6.82. The lowest BCUT2D eigenvalue weighted by atomic mass is 9.86. The van der Waals surface area contributed by atoms with E-state index in [-0.39, 0.29) is 25.2 Å². The smallest absolute Gasteiger partial charge is 0.317 e. The molecule has 21 heavy (non-hydrogen) atoms. The fourth-order valence-electron chi connectivity index (χ4n) is 3.25. The van der Waals surface area contributed by atoms with Crippen molar-refractivity contribution < 1.29 is 19.8 Å². The van der Waals surface area contributed by atoms with Crippen molar-refractivity contribution >= 4 is 12.0 Å². The van der Waals surface area contributed by atoms with Gasteiger partial charge in [0.05, 0.1) is 5.41 Å². The van der Waals surface area contributed by atoms with Crippen molar-refractivity contribution in [1.29, 1.82) is 0 Å². The number of urea groups is 1. The van der Waals surface area contributed by atoms with Crippen LogP contribution in [0.3, 0.4) is 0 Å². The summed E-state index contributed by atoms with van der Waals surface area (Å²) >= 11 is 0. The Bertz CT molecular complexity index is 376. The number of carbonyl (C=O) groups excluding carboxylic acids is 1. The number of aliphatic hydroxyl groups excluding tert-OH is 1. The van der Waals surface area contributed by atoms with E-state index in [1.807, 2.05) is 0 Å². The number of aliphatic hydroxyl groups is 1. The number of nitrogens with one attached hydrogen (secondary N) is 1. The van der Waals surface area contributed by atoms with Crippen LogP contribution in [0.25, 0.3) is 0 Å². The van der Waals surface area contributed by atoms with E-state index in [0.29, 0.717) is 25.8 Å². The molecule has 0 aliphatic heterocycles. The number of carbonyl (C=O) groups is 2. The van der Waals surface area contributed by atoms with E-state index in [2.05, 4.69) is 5.32 Å². The largest absolute Gasteiger partial charge is 0.481 e. The van der Waals surface area contributed by atoms with Gasteiger partial charge >= 0.3 is 12.0 Å². The second-order valence-corrected chi connectivity index (χ2v) is 6.31. The molecule has 0 heterocycles. The Kier molecular flexibility index (Phi) is 5.45. The van der Waals surface area contributed by atoms with Crippen LogP contribution >= 0.6 is 0 Å². The number of hydrogen-bond donors (Lipinski definition) is 3. The number of carboxylic acid groups (broad SMARTS) is 1. The molecule has 0 aromatic rings. The van der Waals surface area contributed by atoms with E-state index in [0.717, 1.165) is 32.1 Å². The summed E-state index contributed by atoms with van der Waals surface area (Å²) in [6.45, 7) is 0.812. The number of amides is 2. The molecular weight excluding hydrogens is 272 g/mol. The van der Waals surface area contributed by atoms with Gasteiger partial charge < -0.3 is 20.4 Å². The SMILES string of the molecule is O=C(NCC1(C(=O)O)CCCC1)N(CCCO)C1CCC1. The molecule has 0 saturated heterocycles. The zero-order chi connectivity index (χ0) is 15.3. The van der Waals surface area contributed by atoms with E-state index in [1.54, 1.807) is 4.90 Å². The molecule has 2 aliphatic rings. The summed E-state index contributed by atoms with van der Waals surface area (Å²) < 4.78 is 0. The topological polar surface area (TPSA) is 89.9 Å². The molecule has 0 aromatic carbocycles. The van der Waals surface area contributed by atoms with E-state index in [1.165, 1.54) is 0 Å². The highest BCUT2D eigenvalue weighted by Gasteiger charge is 2.42. The number of rotatable bonds is 7. The summed E-state index contributed by atoms with van der Waals surface area (Å²) in [7, 11) is 0. The van der Waals surface area contributed by atoms with Gasteiger partial charge in [0.1, 0.15) is 0 Å². The molecule has 0 bridgehead atoms. The van der Waals surface area contributed by atoms with Crippen molar-refractivity contribution in [2.75, 3.05) is 19.7 Å². The normalized spacial score (nSPS) is 20.8. The quantitative estimate of drug-likeness (QED) is 0.665. The second kappa shape index (κ2) is 7.11. The van der Waals surface area contributed by atoms with Gasteiger partial charge in [0.15, 0.2) is 0 Å². The maximum Gasteiger partial charge on any atom is 0.317 e. The number of nitrogens with zero attached hydrogens (tertiary/aromatic N) is 1. The Hall–Kier alpha value is -1.30. The predicted molar refractivity (Wildman–Crippen MR) is 78.0 cm³/mol. The standard InChI is InChI=1S/C15H26N2O4/c18-10-4-9-17(12-5-3-6-12)14(21)16-11-15(13(19)20)7-1-2-8-15/h12,18H,1-11H2,(H,16,21)(H,19,20). The highest BCUT2D eigenvalue weighted by molar-refractivity contribution is 5.78. The van der Waals surface area contributed by atoms with Gasteiger partial charge in [-0.05, 0) is 38.5 Å². The lowest BCUT2D eigenvalue weighted by Gasteiger charge is -2.38. The minimum atomic E-state index is -0.800. The first-order chi connectivity index (χ1) is 10.1. The Labute approximate surface area is 125 Å². The molecule has 0 spiro atoms. The molecule has 2 amide bonds. The summed E-state index contributed by atoms with van der Waals surface area (Å²) in [5, 5.41) is 21.2. The van der Waals surface area contributed by atoms with Gasteiger partial charge in [0.2, 0.25) is 0 Å². The van der Waals surface area contributed by atoms with E-state index >= 15 is 0 Å². The summed E-state index contributed by atoms with van der Waals surface area (Å²) in [5.74, 6) is -0.800. The van der Waals surface area contributed by atoms with Gasteiger partial charge in [-0.15, -0.1) is 0 Å². The first kappa shape index (κ1) is 16.1. The first-order valence-electron chi connectivity index (χ1n) is 7.98. The fraction of sp³-hybridized carbons (Fsp3) is 0.867. The molecule has 2 aliphatic carbocycles. The number of aliphatic carboxylic acids is 1. The average molecular weight is 298 g/mol. The van der Waals surface area contributed by atoms with Crippen LogP contribution in [0.15, 0.2) is 0 Å². The fourth-order valence-corrected chi connectivity index (χ4v) is 3.25. The molecule has 120 valence electrons. The van der Waals surface area contributed by atoms with Gasteiger partial charge in [-0.3, -0.25) is 4.79 Å². The Morgan fingerprint density at radius 1 is 1.19 bits per heavy atom. The molecule has 0 aromatic heterocycles. The summed E-state index contributed by atoms with van der Waals surface area (Å²) in [4.78, 5) is 25.6. The molecule has 2 rings (SSSR count). The minimum Gasteiger partial charge on any atom is -0.481 e. The third kappa shape index (κ3) is 3.67. The van der Waals surface area contributed by atoms with Gasteiger partial charge in [-0.1, -0.05) is 12.8 Å². The van der Waals surface area contributed by atoms with E-state index in [4.69, 9.17) is 5.11 Å². The van der Waals surface area contributed by atoms with Gasteiger partial charge in [0, 0.05) is 25.7 Å². The van der Waals surface area contributed by atoms with Crippen molar-refractivity contribution in [3.05, 3.63) is 0 Å². The van der Waals surface area contributed by atoms with Crippen molar-refractivity contribution in [3.63, 3.8) is 0 Å². The Balaban J connectivity index is 1.90. The van der Waals surface area contributed by atoms with E-state index in [9.17, 15) is 14.7 Å². The average Bonchev–Trinajstić information content (AvgIpc) is 2.88. The van der Waals surface area contributed by atoms with Gasteiger partial charge in [-0.2, -0.15) is 0 Å². The molecule has 2 fully saturated rings. The predicted octanol–water partition coefficient (Wildman–Crippen LogP) is 1.58. The van der Waals surface area contributed by atoms with Crippen LogP contribution in [-0.2, 0) is 4.79 Å². The van der Waals surface area contributed by atoms with Crippen LogP contribution < -0.4 is 5.32 Å². The van der Waals surface area contributed by atoms with Crippen LogP contribution in [0.4, 0.5) is 4.79 Å². The van der Waals surface area contributed by atoms with Gasteiger partial charge in [0.25, 0.3) is 0 Å². The van der Waals surface area contributed by atoms with Crippen molar-refractivity contribution in [2.45, 2.75) is 57.4 Å². The highest BCUT2D eigenvalue weighted by Crippen LogP contribution is 2.37. The van der Waals surface area contributed by atoms with Crippen LogP contribution in [0.2, 0.25) is 0 Å². The monoisotopic (exact) mass is 298 g/mol. The molecule has 0 atom stereocenters. The van der Waals surface area contributed by atoms with Crippen LogP contribution in [0, 0.1) is 5.41 Å². The lowest BCUT2D eigenvalue weighted by Crippen LogP contribution is -2.52. The van der Waals surface area contributed by atoms with Crippen LogP contribution in [0.5, 0.6) is 0 Å². The minimum absolute atomic E-state index is 0.0650. The van der Waals surface area contributed by atoms with Gasteiger partial charge in [-0.25, -0.2) is 4.79 Å². The summed E-state index contributed by atoms with van der Waals surface area (Å²) in [5.41, 5.74) is -0.780.